The van der Waals surface area contributed by atoms with Crippen LogP contribution in [-0.4, -0.2) is 25.6 Å². The number of methoxy groups -OCH3 is 1. The van der Waals surface area contributed by atoms with Gasteiger partial charge in [0.1, 0.15) is 5.75 Å². The molecule has 2 rings (SSSR count). The van der Waals surface area contributed by atoms with E-state index in [2.05, 4.69) is 5.32 Å². The van der Waals surface area contributed by atoms with Gasteiger partial charge in [0.2, 0.25) is 0 Å². The Morgan fingerprint density at radius 2 is 1.77 bits per heavy atom. The number of anilines is 1. The van der Waals surface area contributed by atoms with Gasteiger partial charge in [0.05, 0.1) is 22.8 Å². The number of rotatable bonds is 6. The zero-order valence-corrected chi connectivity index (χ0v) is 15.9. The Morgan fingerprint density at radius 1 is 1.12 bits per heavy atom. The van der Waals surface area contributed by atoms with Gasteiger partial charge in [-0.15, -0.1) is 0 Å². The standard InChI is InChI=1S/C18H14Cl3NO4/c1-25-15-5-3-2-4-11(15)6-7-17(24)26-10-16(23)22-18-13(20)8-12(19)9-14(18)21/h2-9H,10H2,1H3,(H,22,23). The Labute approximate surface area is 165 Å². The largest absolute Gasteiger partial charge is 0.496 e. The second-order valence-electron chi connectivity index (χ2n) is 4.98. The van der Waals surface area contributed by atoms with Crippen molar-refractivity contribution < 1.29 is 19.1 Å². The van der Waals surface area contributed by atoms with Crippen LogP contribution in [0.15, 0.2) is 42.5 Å². The van der Waals surface area contributed by atoms with Crippen LogP contribution in [0.4, 0.5) is 5.69 Å². The summed E-state index contributed by atoms with van der Waals surface area (Å²) in [7, 11) is 1.53. The number of nitrogens with one attached hydrogen (secondary N) is 1. The number of benzene rings is 2. The van der Waals surface area contributed by atoms with Crippen LogP contribution in [0, 0.1) is 0 Å². The lowest BCUT2D eigenvalue weighted by molar-refractivity contribution is -0.142. The Bertz CT molecular complexity index is 829. The molecule has 0 aromatic heterocycles. The van der Waals surface area contributed by atoms with Gasteiger partial charge in [-0.25, -0.2) is 4.79 Å². The number of hydrogen-bond acceptors (Lipinski definition) is 4. The van der Waals surface area contributed by atoms with Crippen LogP contribution in [-0.2, 0) is 14.3 Å². The van der Waals surface area contributed by atoms with Gasteiger partial charge in [-0.1, -0.05) is 53.0 Å². The Morgan fingerprint density at radius 3 is 2.42 bits per heavy atom. The number of esters is 1. The number of carbonyl (C=O) groups is 2. The molecule has 1 amide bonds. The van der Waals surface area contributed by atoms with E-state index in [0.29, 0.717) is 16.3 Å². The second-order valence-corrected chi connectivity index (χ2v) is 6.23. The smallest absolute Gasteiger partial charge is 0.331 e. The third kappa shape index (κ3) is 5.66. The van der Waals surface area contributed by atoms with Crippen molar-refractivity contribution in [1.29, 1.82) is 0 Å². The van der Waals surface area contributed by atoms with Crippen molar-refractivity contribution in [2.24, 2.45) is 0 Å². The summed E-state index contributed by atoms with van der Waals surface area (Å²) >= 11 is 17.7. The van der Waals surface area contributed by atoms with E-state index < -0.39 is 18.5 Å². The fourth-order valence-corrected chi connectivity index (χ4v) is 2.90. The molecule has 1 N–H and O–H groups in total. The molecule has 2 aromatic carbocycles. The number of carbonyl (C=O) groups excluding carboxylic acids is 2. The summed E-state index contributed by atoms with van der Waals surface area (Å²) in [5, 5.41) is 3.17. The molecule has 0 radical (unpaired) electrons. The number of halogens is 3. The minimum absolute atomic E-state index is 0.179. The second kappa shape index (κ2) is 9.48. The predicted octanol–water partition coefficient (Wildman–Crippen LogP) is 4.85. The van der Waals surface area contributed by atoms with Crippen molar-refractivity contribution >= 4 is 58.4 Å². The van der Waals surface area contributed by atoms with E-state index in [-0.39, 0.29) is 15.7 Å². The minimum Gasteiger partial charge on any atom is -0.496 e. The van der Waals surface area contributed by atoms with Gasteiger partial charge in [-0.3, -0.25) is 4.79 Å². The van der Waals surface area contributed by atoms with Crippen LogP contribution < -0.4 is 10.1 Å². The van der Waals surface area contributed by atoms with Crippen LogP contribution in [0.3, 0.4) is 0 Å². The topological polar surface area (TPSA) is 64.6 Å². The van der Waals surface area contributed by atoms with Gasteiger partial charge in [-0.2, -0.15) is 0 Å². The van der Waals surface area contributed by atoms with Crippen molar-refractivity contribution in [2.75, 3.05) is 19.0 Å². The van der Waals surface area contributed by atoms with Crippen molar-refractivity contribution in [2.45, 2.75) is 0 Å². The molecule has 0 aliphatic carbocycles. The first-order valence-corrected chi connectivity index (χ1v) is 8.46. The summed E-state index contributed by atoms with van der Waals surface area (Å²) in [5.41, 5.74) is 0.902. The summed E-state index contributed by atoms with van der Waals surface area (Å²) in [6.45, 7) is -0.496. The summed E-state index contributed by atoms with van der Waals surface area (Å²) < 4.78 is 10.1. The van der Waals surface area contributed by atoms with Crippen molar-refractivity contribution in [3.63, 3.8) is 0 Å². The van der Waals surface area contributed by atoms with Crippen LogP contribution in [0.2, 0.25) is 15.1 Å². The number of para-hydroxylation sites is 1. The van der Waals surface area contributed by atoms with E-state index >= 15 is 0 Å². The third-order valence-electron chi connectivity index (χ3n) is 3.15. The highest BCUT2D eigenvalue weighted by atomic mass is 35.5. The lowest BCUT2D eigenvalue weighted by Gasteiger charge is -2.09. The first-order valence-electron chi connectivity index (χ1n) is 7.33. The van der Waals surface area contributed by atoms with E-state index in [1.807, 2.05) is 6.07 Å². The average Bonchev–Trinajstić information content (AvgIpc) is 2.61. The minimum atomic E-state index is -0.681. The monoisotopic (exact) mass is 413 g/mol. The van der Waals surface area contributed by atoms with Crippen LogP contribution in [0.5, 0.6) is 5.75 Å². The zero-order chi connectivity index (χ0) is 19.1. The van der Waals surface area contributed by atoms with E-state index in [9.17, 15) is 9.59 Å². The molecule has 0 spiro atoms. The SMILES string of the molecule is COc1ccccc1C=CC(=O)OCC(=O)Nc1c(Cl)cc(Cl)cc1Cl. The quantitative estimate of drug-likeness (QED) is 0.542. The Hall–Kier alpha value is -2.21. The molecule has 0 aliphatic rings. The molecule has 0 aliphatic heterocycles. The Balaban J connectivity index is 1.91. The molecule has 0 saturated heterocycles. The average molecular weight is 415 g/mol. The van der Waals surface area contributed by atoms with Crippen LogP contribution in [0.25, 0.3) is 6.08 Å². The molecule has 5 nitrogen and oxygen atoms in total. The first kappa shape index (κ1) is 20.1. The summed E-state index contributed by atoms with van der Waals surface area (Å²) in [5.74, 6) is -0.657. The number of hydrogen-bond donors (Lipinski definition) is 1. The Kier molecular flexibility index (Phi) is 7.33. The van der Waals surface area contributed by atoms with Gasteiger partial charge in [0, 0.05) is 16.7 Å². The molecule has 136 valence electrons. The molecule has 8 heteroatoms. The van der Waals surface area contributed by atoms with Crippen LogP contribution >= 0.6 is 34.8 Å². The van der Waals surface area contributed by atoms with Gasteiger partial charge in [0.25, 0.3) is 5.91 Å². The number of amides is 1. The fourth-order valence-electron chi connectivity index (χ4n) is 1.98. The summed E-state index contributed by atoms with van der Waals surface area (Å²) in [6, 6.07) is 10.0. The third-order valence-corrected chi connectivity index (χ3v) is 3.97. The maximum atomic E-state index is 11.9. The highest BCUT2D eigenvalue weighted by Gasteiger charge is 2.12. The van der Waals surface area contributed by atoms with E-state index in [1.165, 1.54) is 31.4 Å². The fraction of sp³-hybridized carbons (Fsp3) is 0.111. The highest BCUT2D eigenvalue weighted by molar-refractivity contribution is 6.42. The molecular weight excluding hydrogens is 401 g/mol. The molecule has 2 aromatic rings. The molecule has 0 fully saturated rings. The van der Waals surface area contributed by atoms with Gasteiger partial charge in [-0.05, 0) is 24.3 Å². The van der Waals surface area contributed by atoms with Gasteiger partial charge in [0.15, 0.2) is 6.61 Å². The maximum absolute atomic E-state index is 11.9. The van der Waals surface area contributed by atoms with Crippen molar-refractivity contribution in [1.82, 2.24) is 0 Å². The predicted molar refractivity (Wildman–Crippen MR) is 103 cm³/mol. The van der Waals surface area contributed by atoms with Crippen molar-refractivity contribution in [3.05, 3.63) is 63.1 Å². The highest BCUT2D eigenvalue weighted by Crippen LogP contribution is 2.33. The maximum Gasteiger partial charge on any atom is 0.331 e. The summed E-state index contributed by atoms with van der Waals surface area (Å²) in [6.07, 6.45) is 2.74. The summed E-state index contributed by atoms with van der Waals surface area (Å²) in [4.78, 5) is 23.7. The molecule has 0 unspecified atom stereocenters. The van der Waals surface area contributed by atoms with E-state index in [4.69, 9.17) is 44.3 Å². The normalized spacial score (nSPS) is 10.6. The van der Waals surface area contributed by atoms with Crippen molar-refractivity contribution in [3.8, 4) is 5.75 Å². The number of ether oxygens (including phenoxy) is 2. The lowest BCUT2D eigenvalue weighted by Crippen LogP contribution is -2.20. The van der Waals surface area contributed by atoms with Crippen LogP contribution in [0.1, 0.15) is 5.56 Å². The molecule has 26 heavy (non-hydrogen) atoms. The zero-order valence-electron chi connectivity index (χ0n) is 13.6. The molecule has 0 saturated carbocycles. The molecule has 0 atom stereocenters. The van der Waals surface area contributed by atoms with Gasteiger partial charge < -0.3 is 14.8 Å². The van der Waals surface area contributed by atoms with E-state index in [1.54, 1.807) is 18.2 Å². The van der Waals surface area contributed by atoms with Gasteiger partial charge >= 0.3 is 5.97 Å². The molecular formula is C18H14Cl3NO4. The molecule has 0 bridgehead atoms. The molecule has 0 heterocycles. The first-order chi connectivity index (χ1) is 12.4. The lowest BCUT2D eigenvalue weighted by atomic mass is 10.2. The van der Waals surface area contributed by atoms with E-state index in [0.717, 1.165) is 0 Å².